The van der Waals surface area contributed by atoms with Gasteiger partial charge in [0.2, 0.25) is 0 Å². The van der Waals surface area contributed by atoms with Gasteiger partial charge in [0.25, 0.3) is 0 Å². The van der Waals surface area contributed by atoms with Gasteiger partial charge in [-0.3, -0.25) is 0 Å². The van der Waals surface area contributed by atoms with Crippen molar-refractivity contribution in [2.75, 3.05) is 13.7 Å². The smallest absolute Gasteiger partial charge is 0.123 e. The molecule has 2 rings (SSSR count). The Hall–Kier alpha value is -0.540. The topological polar surface area (TPSA) is 21.3 Å². The average molecular weight is 284 g/mol. The van der Waals surface area contributed by atoms with E-state index in [1.54, 1.807) is 7.11 Å². The Bertz CT molecular complexity index is 346. The fraction of sp³-hybridized carbons (Fsp3) is 0.538. The third kappa shape index (κ3) is 2.77. The highest BCUT2D eigenvalue weighted by Crippen LogP contribution is 2.32. The number of methoxy groups -OCH3 is 1. The second-order valence-electron chi connectivity index (χ2n) is 4.24. The highest BCUT2D eigenvalue weighted by atomic mass is 79.9. The molecule has 0 aliphatic carbocycles. The lowest BCUT2D eigenvalue weighted by molar-refractivity contribution is 0.397. The van der Waals surface area contributed by atoms with Crippen molar-refractivity contribution >= 4 is 15.9 Å². The van der Waals surface area contributed by atoms with Crippen LogP contribution in [-0.2, 0) is 0 Å². The van der Waals surface area contributed by atoms with Crippen molar-refractivity contribution in [1.29, 1.82) is 0 Å². The van der Waals surface area contributed by atoms with Crippen LogP contribution < -0.4 is 10.1 Å². The van der Waals surface area contributed by atoms with Gasteiger partial charge in [0.15, 0.2) is 0 Å². The lowest BCUT2D eigenvalue weighted by atomic mass is 10.0. The van der Waals surface area contributed by atoms with Gasteiger partial charge in [-0.05, 0) is 37.6 Å². The van der Waals surface area contributed by atoms with Crippen LogP contribution in [-0.4, -0.2) is 13.7 Å². The summed E-state index contributed by atoms with van der Waals surface area (Å²) in [5.74, 6) is 0.989. The van der Waals surface area contributed by atoms with Crippen LogP contribution in [0, 0.1) is 0 Å². The van der Waals surface area contributed by atoms with Crippen molar-refractivity contribution in [1.82, 2.24) is 5.32 Å². The maximum absolute atomic E-state index is 5.43. The molecule has 1 heterocycles. The maximum atomic E-state index is 5.43. The van der Waals surface area contributed by atoms with Crippen LogP contribution in [0.5, 0.6) is 5.75 Å². The van der Waals surface area contributed by atoms with Gasteiger partial charge in [0.05, 0.1) is 7.11 Å². The van der Waals surface area contributed by atoms with E-state index in [0.717, 1.165) is 16.8 Å². The van der Waals surface area contributed by atoms with Crippen molar-refractivity contribution < 1.29 is 4.74 Å². The zero-order chi connectivity index (χ0) is 11.4. The van der Waals surface area contributed by atoms with Crippen LogP contribution in [0.15, 0.2) is 22.7 Å². The summed E-state index contributed by atoms with van der Waals surface area (Å²) < 4.78 is 6.55. The van der Waals surface area contributed by atoms with Gasteiger partial charge in [-0.1, -0.05) is 28.8 Å². The number of benzene rings is 1. The summed E-state index contributed by atoms with van der Waals surface area (Å²) in [6.07, 6.45) is 5.12. The molecule has 1 atom stereocenters. The van der Waals surface area contributed by atoms with Gasteiger partial charge in [-0.15, -0.1) is 0 Å². The lowest BCUT2D eigenvalue weighted by Crippen LogP contribution is -2.20. The molecular formula is C13H18BrNO. The monoisotopic (exact) mass is 283 g/mol. The molecule has 1 fully saturated rings. The Morgan fingerprint density at radius 1 is 1.31 bits per heavy atom. The first-order chi connectivity index (χ1) is 7.81. The van der Waals surface area contributed by atoms with Gasteiger partial charge in [-0.25, -0.2) is 0 Å². The molecule has 88 valence electrons. The molecular weight excluding hydrogens is 266 g/mol. The molecule has 0 spiro atoms. The molecule has 3 heteroatoms. The number of nitrogens with one attached hydrogen (secondary N) is 1. The Morgan fingerprint density at radius 3 is 3.00 bits per heavy atom. The summed E-state index contributed by atoms with van der Waals surface area (Å²) in [5, 5.41) is 3.60. The first kappa shape index (κ1) is 11.9. The highest BCUT2D eigenvalue weighted by molar-refractivity contribution is 9.10. The summed E-state index contributed by atoms with van der Waals surface area (Å²) in [6, 6.07) is 6.67. The first-order valence-corrected chi connectivity index (χ1v) is 6.67. The van der Waals surface area contributed by atoms with Gasteiger partial charge in [-0.2, -0.15) is 0 Å². The number of halogens is 1. The minimum Gasteiger partial charge on any atom is -0.496 e. The minimum atomic E-state index is 0.440. The Labute approximate surface area is 106 Å². The largest absolute Gasteiger partial charge is 0.496 e. The van der Waals surface area contributed by atoms with Crippen LogP contribution in [0.2, 0.25) is 0 Å². The van der Waals surface area contributed by atoms with Gasteiger partial charge in [0.1, 0.15) is 5.75 Å². The first-order valence-electron chi connectivity index (χ1n) is 5.88. The van der Waals surface area contributed by atoms with Crippen LogP contribution in [0.4, 0.5) is 0 Å². The highest BCUT2D eigenvalue weighted by Gasteiger charge is 2.17. The molecule has 0 radical (unpaired) electrons. The summed E-state index contributed by atoms with van der Waals surface area (Å²) in [5.41, 5.74) is 1.28. The fourth-order valence-electron chi connectivity index (χ4n) is 2.27. The molecule has 0 saturated carbocycles. The maximum Gasteiger partial charge on any atom is 0.123 e. The predicted octanol–water partition coefficient (Wildman–Crippen LogP) is 3.66. The Balaban J connectivity index is 2.25. The lowest BCUT2D eigenvalue weighted by Gasteiger charge is -2.19. The van der Waals surface area contributed by atoms with E-state index in [4.69, 9.17) is 4.74 Å². The van der Waals surface area contributed by atoms with E-state index < -0.39 is 0 Å². The molecule has 1 aliphatic rings. The zero-order valence-electron chi connectivity index (χ0n) is 9.63. The van der Waals surface area contributed by atoms with Gasteiger partial charge >= 0.3 is 0 Å². The van der Waals surface area contributed by atoms with E-state index in [9.17, 15) is 0 Å². The number of hydrogen-bond acceptors (Lipinski definition) is 2. The number of ether oxygens (including phenoxy) is 1. The van der Waals surface area contributed by atoms with E-state index in [1.807, 2.05) is 12.1 Å². The average Bonchev–Trinajstić information content (AvgIpc) is 2.57. The number of rotatable bonds is 2. The predicted molar refractivity (Wildman–Crippen MR) is 69.9 cm³/mol. The summed E-state index contributed by atoms with van der Waals surface area (Å²) in [6.45, 7) is 1.11. The molecule has 1 saturated heterocycles. The van der Waals surface area contributed by atoms with E-state index in [1.165, 1.54) is 31.2 Å². The summed E-state index contributed by atoms with van der Waals surface area (Å²) >= 11 is 3.53. The quantitative estimate of drug-likeness (QED) is 0.894. The molecule has 1 N–H and O–H groups in total. The molecule has 1 unspecified atom stereocenters. The molecule has 0 amide bonds. The van der Waals surface area contributed by atoms with Gasteiger partial charge in [0, 0.05) is 16.1 Å². The van der Waals surface area contributed by atoms with Crippen molar-refractivity contribution in [3.05, 3.63) is 28.2 Å². The summed E-state index contributed by atoms with van der Waals surface area (Å²) in [7, 11) is 1.74. The molecule has 1 aromatic carbocycles. The van der Waals surface area contributed by atoms with E-state index in [2.05, 4.69) is 27.3 Å². The number of hydrogen-bond donors (Lipinski definition) is 1. The molecule has 0 aromatic heterocycles. The third-order valence-corrected chi connectivity index (χ3v) is 3.62. The zero-order valence-corrected chi connectivity index (χ0v) is 11.2. The van der Waals surface area contributed by atoms with E-state index in [0.29, 0.717) is 6.04 Å². The molecule has 1 aromatic rings. The van der Waals surface area contributed by atoms with E-state index in [-0.39, 0.29) is 0 Å². The molecule has 2 nitrogen and oxygen atoms in total. The standard InChI is InChI=1S/C13H18BrNO/c1-16-13-7-6-10(14)9-11(13)12-5-3-2-4-8-15-12/h6-7,9,12,15H,2-5,8H2,1H3. The van der Waals surface area contributed by atoms with Crippen LogP contribution in [0.25, 0.3) is 0 Å². The molecule has 0 bridgehead atoms. The van der Waals surface area contributed by atoms with Crippen LogP contribution in [0.3, 0.4) is 0 Å². The SMILES string of the molecule is COc1ccc(Br)cc1C1CCCCCN1. The second kappa shape index (κ2) is 5.69. The Morgan fingerprint density at radius 2 is 2.19 bits per heavy atom. The van der Waals surface area contributed by atoms with Crippen LogP contribution >= 0.6 is 15.9 Å². The molecule has 1 aliphatic heterocycles. The fourth-order valence-corrected chi connectivity index (χ4v) is 2.65. The van der Waals surface area contributed by atoms with Crippen molar-refractivity contribution in [3.63, 3.8) is 0 Å². The van der Waals surface area contributed by atoms with Crippen molar-refractivity contribution in [3.8, 4) is 5.75 Å². The van der Waals surface area contributed by atoms with Gasteiger partial charge < -0.3 is 10.1 Å². The van der Waals surface area contributed by atoms with Crippen LogP contribution in [0.1, 0.15) is 37.3 Å². The van der Waals surface area contributed by atoms with Crippen molar-refractivity contribution in [2.45, 2.75) is 31.7 Å². The van der Waals surface area contributed by atoms with Crippen molar-refractivity contribution in [2.24, 2.45) is 0 Å². The Kier molecular flexibility index (Phi) is 4.24. The third-order valence-electron chi connectivity index (χ3n) is 3.13. The molecule has 16 heavy (non-hydrogen) atoms. The minimum absolute atomic E-state index is 0.440. The summed E-state index contributed by atoms with van der Waals surface area (Å²) in [4.78, 5) is 0. The second-order valence-corrected chi connectivity index (χ2v) is 5.16. The van der Waals surface area contributed by atoms with E-state index >= 15 is 0 Å². The normalized spacial score (nSPS) is 21.5.